The van der Waals surface area contributed by atoms with Crippen molar-refractivity contribution in [2.24, 2.45) is 0 Å². The van der Waals surface area contributed by atoms with Crippen LogP contribution in [-0.2, 0) is 5.75 Å². The van der Waals surface area contributed by atoms with Gasteiger partial charge in [0, 0.05) is 23.1 Å². The third-order valence-electron chi connectivity index (χ3n) is 4.32. The maximum Gasteiger partial charge on any atom is 0.274 e. The number of nitro benzene ring substituents is 1. The average Bonchev–Trinajstić information content (AvgIpc) is 3.18. The van der Waals surface area contributed by atoms with E-state index in [2.05, 4.69) is 10.2 Å². The van der Waals surface area contributed by atoms with E-state index >= 15 is 0 Å². The Hall–Kier alpha value is -3.16. The minimum Gasteiger partial charge on any atom is -0.270 e. The third-order valence-corrected chi connectivity index (χ3v) is 5.63. The Balaban J connectivity index is 1.74. The highest BCUT2D eigenvalue weighted by atomic mass is 35.5. The molecule has 0 amide bonds. The number of hydrogen-bond donors (Lipinski definition) is 0. The van der Waals surface area contributed by atoms with Crippen LogP contribution in [0, 0.1) is 10.1 Å². The first-order valence-corrected chi connectivity index (χ1v) is 10.1. The zero-order valence-electron chi connectivity index (χ0n) is 15.1. The van der Waals surface area contributed by atoms with Gasteiger partial charge < -0.3 is 0 Å². The molecule has 0 N–H and O–H groups in total. The summed E-state index contributed by atoms with van der Waals surface area (Å²) in [5, 5.41) is 21.1. The van der Waals surface area contributed by atoms with Crippen LogP contribution in [0.25, 0.3) is 17.1 Å². The van der Waals surface area contributed by atoms with Gasteiger partial charge in [-0.1, -0.05) is 78.0 Å². The van der Waals surface area contributed by atoms with Crippen LogP contribution in [0.2, 0.25) is 5.02 Å². The van der Waals surface area contributed by atoms with E-state index in [1.54, 1.807) is 12.1 Å². The molecule has 0 fully saturated rings. The van der Waals surface area contributed by atoms with E-state index < -0.39 is 4.92 Å². The van der Waals surface area contributed by atoms with Gasteiger partial charge in [-0.3, -0.25) is 14.7 Å². The minimum absolute atomic E-state index is 0.000871. The van der Waals surface area contributed by atoms with E-state index in [1.807, 2.05) is 65.2 Å². The first-order valence-electron chi connectivity index (χ1n) is 8.76. The van der Waals surface area contributed by atoms with E-state index in [-0.39, 0.29) is 5.69 Å². The predicted octanol–water partition coefficient (Wildman–Crippen LogP) is 5.79. The minimum atomic E-state index is -0.418. The quantitative estimate of drug-likeness (QED) is 0.223. The summed E-state index contributed by atoms with van der Waals surface area (Å²) in [6, 6.07) is 24.2. The molecule has 8 heteroatoms. The van der Waals surface area contributed by atoms with Crippen molar-refractivity contribution in [1.82, 2.24) is 14.8 Å². The molecule has 0 bridgehead atoms. The molecule has 0 saturated carbocycles. The van der Waals surface area contributed by atoms with Gasteiger partial charge in [0.1, 0.15) is 0 Å². The molecule has 0 aliphatic rings. The molecule has 0 saturated heterocycles. The summed E-state index contributed by atoms with van der Waals surface area (Å²) in [6.07, 6.45) is 0. The fourth-order valence-electron chi connectivity index (χ4n) is 2.95. The Kier molecular flexibility index (Phi) is 5.59. The highest BCUT2D eigenvalue weighted by molar-refractivity contribution is 7.98. The van der Waals surface area contributed by atoms with Crippen molar-refractivity contribution in [2.45, 2.75) is 10.9 Å². The first-order chi connectivity index (χ1) is 14.1. The summed E-state index contributed by atoms with van der Waals surface area (Å²) >= 11 is 7.59. The zero-order chi connectivity index (χ0) is 20.2. The Morgan fingerprint density at radius 3 is 2.31 bits per heavy atom. The number of halogens is 1. The molecule has 1 heterocycles. The first kappa shape index (κ1) is 19.2. The van der Waals surface area contributed by atoms with Gasteiger partial charge in [0.25, 0.3) is 5.69 Å². The molecule has 4 rings (SSSR count). The topological polar surface area (TPSA) is 73.8 Å². The Bertz CT molecular complexity index is 1150. The second kappa shape index (κ2) is 8.46. The van der Waals surface area contributed by atoms with Crippen molar-refractivity contribution in [3.8, 4) is 17.1 Å². The van der Waals surface area contributed by atoms with Crippen LogP contribution in [0.4, 0.5) is 5.69 Å². The lowest BCUT2D eigenvalue weighted by Crippen LogP contribution is -2.00. The number of para-hydroxylation sites is 1. The van der Waals surface area contributed by atoms with Crippen LogP contribution >= 0.6 is 23.4 Å². The van der Waals surface area contributed by atoms with Gasteiger partial charge in [0.15, 0.2) is 11.0 Å². The fraction of sp³-hybridized carbons (Fsp3) is 0.0476. The maximum absolute atomic E-state index is 11.4. The van der Waals surface area contributed by atoms with E-state index in [0.29, 0.717) is 27.3 Å². The van der Waals surface area contributed by atoms with Crippen LogP contribution < -0.4 is 0 Å². The largest absolute Gasteiger partial charge is 0.274 e. The van der Waals surface area contributed by atoms with Gasteiger partial charge in [-0.2, -0.15) is 0 Å². The standard InChI is InChI=1S/C21H15ClN4O2S/c22-18-12-7-13-19(26(27)28)17(18)14-29-21-24-23-20(15-8-3-1-4-9-15)25(21)16-10-5-2-6-11-16/h1-13H,14H2. The monoisotopic (exact) mass is 422 g/mol. The lowest BCUT2D eigenvalue weighted by Gasteiger charge is -2.11. The molecule has 144 valence electrons. The maximum atomic E-state index is 11.4. The van der Waals surface area contributed by atoms with Crippen molar-refractivity contribution in [2.75, 3.05) is 0 Å². The molecule has 1 aromatic heterocycles. The van der Waals surface area contributed by atoms with Crippen LogP contribution in [0.15, 0.2) is 84.0 Å². The average molecular weight is 423 g/mol. The second-order valence-corrected chi connectivity index (χ2v) is 7.48. The number of thioether (sulfide) groups is 1. The number of benzene rings is 3. The summed E-state index contributed by atoms with van der Waals surface area (Å²) in [7, 11) is 0. The number of nitro groups is 1. The van der Waals surface area contributed by atoms with E-state index in [1.165, 1.54) is 17.8 Å². The molecule has 0 spiro atoms. The SMILES string of the molecule is O=[N+]([O-])c1cccc(Cl)c1CSc1nnc(-c2ccccc2)n1-c1ccccc1. The van der Waals surface area contributed by atoms with E-state index in [0.717, 1.165) is 11.3 Å². The third kappa shape index (κ3) is 4.01. The Morgan fingerprint density at radius 1 is 0.931 bits per heavy atom. The van der Waals surface area contributed by atoms with Gasteiger partial charge in [0.05, 0.1) is 15.5 Å². The summed E-state index contributed by atoms with van der Waals surface area (Å²) in [5.74, 6) is 1.00. The fourth-order valence-corrected chi connectivity index (χ4v) is 4.26. The van der Waals surface area contributed by atoms with Crippen molar-refractivity contribution < 1.29 is 4.92 Å². The van der Waals surface area contributed by atoms with Crippen molar-refractivity contribution in [1.29, 1.82) is 0 Å². The highest BCUT2D eigenvalue weighted by Crippen LogP contribution is 2.34. The van der Waals surface area contributed by atoms with Gasteiger partial charge >= 0.3 is 0 Å². The molecule has 0 atom stereocenters. The molecule has 4 aromatic rings. The predicted molar refractivity (Wildman–Crippen MR) is 114 cm³/mol. The smallest absolute Gasteiger partial charge is 0.270 e. The van der Waals surface area contributed by atoms with E-state index in [4.69, 9.17) is 11.6 Å². The summed E-state index contributed by atoms with van der Waals surface area (Å²) < 4.78 is 1.95. The lowest BCUT2D eigenvalue weighted by atomic mass is 10.2. The Morgan fingerprint density at radius 2 is 1.62 bits per heavy atom. The second-order valence-electron chi connectivity index (χ2n) is 6.13. The van der Waals surface area contributed by atoms with Crippen LogP contribution in [-0.4, -0.2) is 19.7 Å². The summed E-state index contributed by atoms with van der Waals surface area (Å²) in [4.78, 5) is 10.9. The van der Waals surface area contributed by atoms with Gasteiger partial charge in [-0.15, -0.1) is 10.2 Å². The number of nitrogens with zero attached hydrogens (tertiary/aromatic N) is 4. The molecule has 3 aromatic carbocycles. The van der Waals surface area contributed by atoms with E-state index in [9.17, 15) is 10.1 Å². The van der Waals surface area contributed by atoms with Crippen molar-refractivity contribution in [3.05, 3.63) is 99.6 Å². The van der Waals surface area contributed by atoms with Gasteiger partial charge in [0.2, 0.25) is 0 Å². The molecule has 0 aliphatic carbocycles. The van der Waals surface area contributed by atoms with Crippen LogP contribution in [0.3, 0.4) is 0 Å². The highest BCUT2D eigenvalue weighted by Gasteiger charge is 2.20. The van der Waals surface area contributed by atoms with Gasteiger partial charge in [-0.25, -0.2) is 0 Å². The molecular weight excluding hydrogens is 408 g/mol. The molecule has 0 radical (unpaired) electrons. The van der Waals surface area contributed by atoms with Crippen molar-refractivity contribution >= 4 is 29.1 Å². The molecular formula is C21H15ClN4O2S. The Labute approximate surface area is 176 Å². The van der Waals surface area contributed by atoms with Crippen LogP contribution in [0.5, 0.6) is 0 Å². The van der Waals surface area contributed by atoms with Gasteiger partial charge in [-0.05, 0) is 18.2 Å². The van der Waals surface area contributed by atoms with Crippen LogP contribution in [0.1, 0.15) is 5.56 Å². The number of rotatable bonds is 6. The summed E-state index contributed by atoms with van der Waals surface area (Å²) in [6.45, 7) is 0. The molecule has 29 heavy (non-hydrogen) atoms. The molecule has 0 unspecified atom stereocenters. The zero-order valence-corrected chi connectivity index (χ0v) is 16.7. The molecule has 0 aliphatic heterocycles. The number of hydrogen-bond acceptors (Lipinski definition) is 5. The lowest BCUT2D eigenvalue weighted by molar-refractivity contribution is -0.385. The summed E-state index contributed by atoms with van der Waals surface area (Å²) in [5.41, 5.74) is 2.30. The van der Waals surface area contributed by atoms with Crippen molar-refractivity contribution in [3.63, 3.8) is 0 Å². The number of aromatic nitrogens is 3. The normalized spacial score (nSPS) is 10.8. The molecule has 6 nitrogen and oxygen atoms in total.